The van der Waals surface area contributed by atoms with Crippen molar-refractivity contribution in [3.8, 4) is 11.5 Å². The minimum absolute atomic E-state index is 0.142. The molecule has 1 aliphatic heterocycles. The fourth-order valence-electron chi connectivity index (χ4n) is 3.10. The molecule has 0 unspecified atom stereocenters. The van der Waals surface area contributed by atoms with Gasteiger partial charge in [0.2, 0.25) is 5.91 Å². The van der Waals surface area contributed by atoms with Crippen LogP contribution in [0.1, 0.15) is 15.9 Å². The molecule has 7 heteroatoms. The summed E-state index contributed by atoms with van der Waals surface area (Å²) in [7, 11) is 0. The summed E-state index contributed by atoms with van der Waals surface area (Å²) in [6, 6.07) is 16.6. The molecule has 0 bridgehead atoms. The molecule has 1 heterocycles. The summed E-state index contributed by atoms with van der Waals surface area (Å²) in [5.41, 5.74) is 5.99. The van der Waals surface area contributed by atoms with E-state index in [0.29, 0.717) is 24.7 Å². The third-order valence-corrected chi connectivity index (χ3v) is 4.69. The molecule has 0 saturated heterocycles. The number of hydrazine groups is 1. The summed E-state index contributed by atoms with van der Waals surface area (Å²) >= 11 is 6.14. The number of fused-ring (bicyclic) bond motifs is 2. The van der Waals surface area contributed by atoms with E-state index in [0.717, 1.165) is 16.3 Å². The number of ether oxygens (including phenoxy) is 2. The molecule has 0 saturated carbocycles. The second kappa shape index (κ2) is 7.78. The standard InChI is InChI=1S/C21H17ClN2O4/c22-17-10-15(11-18-20(17)28-9-8-27-18)21(26)24-23-19(25)12-14-6-3-5-13-4-1-2-7-16(13)14/h1-7,10-11H,8-9,12H2,(H,23,25)(H,24,26). The summed E-state index contributed by atoms with van der Waals surface area (Å²) < 4.78 is 10.9. The lowest BCUT2D eigenvalue weighted by molar-refractivity contribution is -0.121. The van der Waals surface area contributed by atoms with Gasteiger partial charge in [0.05, 0.1) is 11.4 Å². The predicted octanol–water partition coefficient (Wildman–Crippen LogP) is 3.27. The van der Waals surface area contributed by atoms with Crippen LogP contribution in [0.4, 0.5) is 0 Å². The zero-order valence-corrected chi connectivity index (χ0v) is 15.6. The Morgan fingerprint density at radius 3 is 2.64 bits per heavy atom. The maximum Gasteiger partial charge on any atom is 0.269 e. The fraction of sp³-hybridized carbons (Fsp3) is 0.143. The molecule has 0 atom stereocenters. The summed E-state index contributed by atoms with van der Waals surface area (Å²) in [5.74, 6) is 0.00827. The number of carbonyl (C=O) groups is 2. The SMILES string of the molecule is O=C(Cc1cccc2ccccc12)NNC(=O)c1cc(Cl)c2c(c1)OCCO2. The van der Waals surface area contributed by atoms with Gasteiger partial charge in [-0.15, -0.1) is 0 Å². The van der Waals surface area contributed by atoms with Crippen molar-refractivity contribution in [2.75, 3.05) is 13.2 Å². The maximum absolute atomic E-state index is 12.4. The first-order valence-electron chi connectivity index (χ1n) is 8.77. The Balaban J connectivity index is 1.42. The Hall–Kier alpha value is -3.25. The van der Waals surface area contributed by atoms with Crippen LogP contribution in [0, 0.1) is 0 Å². The van der Waals surface area contributed by atoms with Crippen LogP contribution in [0.5, 0.6) is 11.5 Å². The normalized spacial score (nSPS) is 12.5. The molecular formula is C21H17ClN2O4. The smallest absolute Gasteiger partial charge is 0.269 e. The second-order valence-electron chi connectivity index (χ2n) is 6.30. The van der Waals surface area contributed by atoms with E-state index in [-0.39, 0.29) is 22.9 Å². The molecule has 0 fully saturated rings. The monoisotopic (exact) mass is 396 g/mol. The molecule has 142 valence electrons. The third-order valence-electron chi connectivity index (χ3n) is 4.41. The van der Waals surface area contributed by atoms with Gasteiger partial charge in [-0.25, -0.2) is 0 Å². The van der Waals surface area contributed by atoms with Crippen molar-refractivity contribution >= 4 is 34.2 Å². The van der Waals surface area contributed by atoms with E-state index in [2.05, 4.69) is 10.9 Å². The van der Waals surface area contributed by atoms with Gasteiger partial charge < -0.3 is 9.47 Å². The van der Waals surface area contributed by atoms with E-state index < -0.39 is 5.91 Å². The van der Waals surface area contributed by atoms with Gasteiger partial charge in [0, 0.05) is 5.56 Å². The first-order chi connectivity index (χ1) is 13.6. The van der Waals surface area contributed by atoms with Crippen molar-refractivity contribution in [2.45, 2.75) is 6.42 Å². The van der Waals surface area contributed by atoms with Gasteiger partial charge in [-0.2, -0.15) is 0 Å². The number of hydrogen-bond donors (Lipinski definition) is 2. The molecule has 1 aliphatic rings. The fourth-order valence-corrected chi connectivity index (χ4v) is 3.37. The van der Waals surface area contributed by atoms with E-state index in [1.54, 1.807) is 0 Å². The second-order valence-corrected chi connectivity index (χ2v) is 6.71. The lowest BCUT2D eigenvalue weighted by Gasteiger charge is -2.20. The Labute approximate surface area is 166 Å². The van der Waals surface area contributed by atoms with E-state index in [4.69, 9.17) is 21.1 Å². The van der Waals surface area contributed by atoms with Crippen LogP contribution in [0.3, 0.4) is 0 Å². The molecule has 0 radical (unpaired) electrons. The average molecular weight is 397 g/mol. The van der Waals surface area contributed by atoms with Crippen LogP contribution in [0.2, 0.25) is 5.02 Å². The molecule has 0 aromatic heterocycles. The highest BCUT2D eigenvalue weighted by atomic mass is 35.5. The number of benzene rings is 3. The lowest BCUT2D eigenvalue weighted by atomic mass is 10.0. The van der Waals surface area contributed by atoms with Gasteiger partial charge in [0.15, 0.2) is 11.5 Å². The number of hydrogen-bond acceptors (Lipinski definition) is 4. The van der Waals surface area contributed by atoms with Crippen molar-refractivity contribution in [1.29, 1.82) is 0 Å². The van der Waals surface area contributed by atoms with E-state index in [9.17, 15) is 9.59 Å². The largest absolute Gasteiger partial charge is 0.486 e. The molecule has 6 nitrogen and oxygen atoms in total. The van der Waals surface area contributed by atoms with Gasteiger partial charge in [-0.3, -0.25) is 20.4 Å². The average Bonchev–Trinajstić information content (AvgIpc) is 2.72. The first-order valence-corrected chi connectivity index (χ1v) is 9.14. The molecule has 0 spiro atoms. The van der Waals surface area contributed by atoms with Crippen molar-refractivity contribution in [1.82, 2.24) is 10.9 Å². The minimum Gasteiger partial charge on any atom is -0.486 e. The van der Waals surface area contributed by atoms with Gasteiger partial charge in [-0.1, -0.05) is 54.1 Å². The van der Waals surface area contributed by atoms with Crippen molar-refractivity contribution in [3.05, 3.63) is 70.7 Å². The maximum atomic E-state index is 12.4. The molecule has 2 N–H and O–H groups in total. The highest BCUT2D eigenvalue weighted by Gasteiger charge is 2.19. The lowest BCUT2D eigenvalue weighted by Crippen LogP contribution is -2.42. The van der Waals surface area contributed by atoms with Gasteiger partial charge >= 0.3 is 0 Å². The molecule has 0 aliphatic carbocycles. The molecular weight excluding hydrogens is 380 g/mol. The van der Waals surface area contributed by atoms with Crippen LogP contribution in [0.15, 0.2) is 54.6 Å². The Bertz CT molecular complexity index is 1060. The Morgan fingerprint density at radius 1 is 0.964 bits per heavy atom. The Morgan fingerprint density at radius 2 is 1.75 bits per heavy atom. The quantitative estimate of drug-likeness (QED) is 0.666. The summed E-state index contributed by atoms with van der Waals surface area (Å²) in [4.78, 5) is 24.7. The highest BCUT2D eigenvalue weighted by Crippen LogP contribution is 2.38. The van der Waals surface area contributed by atoms with Crippen LogP contribution < -0.4 is 20.3 Å². The number of amides is 2. The molecule has 3 aromatic carbocycles. The molecule has 3 aromatic rings. The zero-order valence-electron chi connectivity index (χ0n) is 14.8. The highest BCUT2D eigenvalue weighted by molar-refractivity contribution is 6.32. The summed E-state index contributed by atoms with van der Waals surface area (Å²) in [6.45, 7) is 0.790. The van der Waals surface area contributed by atoms with Crippen molar-refractivity contribution < 1.29 is 19.1 Å². The van der Waals surface area contributed by atoms with Crippen molar-refractivity contribution in [3.63, 3.8) is 0 Å². The van der Waals surface area contributed by atoms with Gasteiger partial charge in [0.25, 0.3) is 5.91 Å². The molecule has 4 rings (SSSR count). The number of rotatable bonds is 3. The third kappa shape index (κ3) is 3.73. The number of carbonyl (C=O) groups excluding carboxylic acids is 2. The van der Waals surface area contributed by atoms with Crippen LogP contribution >= 0.6 is 11.6 Å². The molecule has 28 heavy (non-hydrogen) atoms. The summed E-state index contributed by atoms with van der Waals surface area (Å²) in [6.07, 6.45) is 0.142. The van der Waals surface area contributed by atoms with Crippen molar-refractivity contribution in [2.24, 2.45) is 0 Å². The number of nitrogens with one attached hydrogen (secondary N) is 2. The van der Waals surface area contributed by atoms with Gasteiger partial charge in [0.1, 0.15) is 13.2 Å². The summed E-state index contributed by atoms with van der Waals surface area (Å²) in [5, 5.41) is 2.34. The van der Waals surface area contributed by atoms with Crippen LogP contribution in [0.25, 0.3) is 10.8 Å². The number of halogens is 1. The topological polar surface area (TPSA) is 76.7 Å². The van der Waals surface area contributed by atoms with Crippen LogP contribution in [-0.4, -0.2) is 25.0 Å². The predicted molar refractivity (Wildman–Crippen MR) is 106 cm³/mol. The van der Waals surface area contributed by atoms with E-state index in [1.165, 1.54) is 12.1 Å². The van der Waals surface area contributed by atoms with Crippen LogP contribution in [-0.2, 0) is 11.2 Å². The Kier molecular flexibility index (Phi) is 5.04. The zero-order chi connectivity index (χ0) is 19.5. The minimum atomic E-state index is -0.495. The van der Waals surface area contributed by atoms with E-state index >= 15 is 0 Å². The molecule has 2 amide bonds. The van der Waals surface area contributed by atoms with E-state index in [1.807, 2.05) is 42.5 Å². The first kappa shape index (κ1) is 18.1. The van der Waals surface area contributed by atoms with Gasteiger partial charge in [-0.05, 0) is 28.5 Å².